The van der Waals surface area contributed by atoms with Crippen molar-refractivity contribution in [3.63, 3.8) is 0 Å². The summed E-state index contributed by atoms with van der Waals surface area (Å²) >= 11 is 0. The lowest BCUT2D eigenvalue weighted by Gasteiger charge is -2.30. The number of pyridine rings is 2. The van der Waals surface area contributed by atoms with Crippen LogP contribution in [0.4, 0.5) is 0 Å². The number of aryl methyl sites for hydroxylation is 1. The van der Waals surface area contributed by atoms with Gasteiger partial charge in [0.05, 0.1) is 23.7 Å². The van der Waals surface area contributed by atoms with Crippen LogP contribution in [0.25, 0.3) is 62.0 Å². The van der Waals surface area contributed by atoms with Crippen LogP contribution < -0.4 is 0 Å². The van der Waals surface area contributed by atoms with Crippen molar-refractivity contribution in [2.75, 3.05) is 13.1 Å². The quantitative estimate of drug-likeness (QED) is 0.223. The first-order valence-corrected chi connectivity index (χ1v) is 16.4. The predicted octanol–water partition coefficient (Wildman–Crippen LogP) is 5.97. The fraction of sp³-hybridized carbons (Fsp3) is 0.189. The fourth-order valence-electron chi connectivity index (χ4n) is 6.74. The summed E-state index contributed by atoms with van der Waals surface area (Å²) in [6, 6.07) is 23.5. The van der Waals surface area contributed by atoms with E-state index in [0.717, 1.165) is 82.9 Å². The van der Waals surface area contributed by atoms with Gasteiger partial charge in [0.25, 0.3) is 0 Å². The van der Waals surface area contributed by atoms with Gasteiger partial charge in [0, 0.05) is 60.8 Å². The number of rotatable bonds is 7. The molecule has 2 aromatic carbocycles. The molecule has 12 heteroatoms. The number of nitrogens with one attached hydrogen (secondary N) is 1. The summed E-state index contributed by atoms with van der Waals surface area (Å²) in [6.07, 6.45) is 12.8. The maximum Gasteiger partial charge on any atom is 0.188 e. The second-order valence-electron chi connectivity index (χ2n) is 12.5. The van der Waals surface area contributed by atoms with Crippen LogP contribution in [0, 0.1) is 0 Å². The number of fused-ring (bicyclic) bond motifs is 3. The van der Waals surface area contributed by atoms with Gasteiger partial charge in [-0.3, -0.25) is 14.3 Å². The highest BCUT2D eigenvalue weighted by molar-refractivity contribution is 5.98. The predicted molar refractivity (Wildman–Crippen MR) is 186 cm³/mol. The van der Waals surface area contributed by atoms with Crippen LogP contribution in [0.3, 0.4) is 0 Å². The van der Waals surface area contributed by atoms with Gasteiger partial charge in [-0.2, -0.15) is 0 Å². The largest absolute Gasteiger partial charge is 0.340 e. The first-order valence-electron chi connectivity index (χ1n) is 16.4. The molecule has 0 amide bonds. The maximum atomic E-state index is 5.23. The highest BCUT2D eigenvalue weighted by Gasteiger charge is 2.24. The van der Waals surface area contributed by atoms with Gasteiger partial charge in [-0.15, -0.1) is 20.4 Å². The van der Waals surface area contributed by atoms with E-state index in [4.69, 9.17) is 4.98 Å². The van der Waals surface area contributed by atoms with Crippen LogP contribution >= 0.6 is 0 Å². The number of imidazole rings is 1. The zero-order valence-corrected chi connectivity index (χ0v) is 26.8. The Morgan fingerprint density at radius 1 is 0.837 bits per heavy atom. The molecule has 1 aliphatic rings. The van der Waals surface area contributed by atoms with E-state index in [0.29, 0.717) is 23.3 Å². The molecule has 0 atom stereocenters. The lowest BCUT2D eigenvalue weighted by molar-refractivity contribution is 0.202. The Bertz CT molecular complexity index is 2390. The molecule has 6 aromatic heterocycles. The molecule has 49 heavy (non-hydrogen) atoms. The summed E-state index contributed by atoms with van der Waals surface area (Å²) in [5, 5.41) is 18.8. The minimum Gasteiger partial charge on any atom is -0.340 e. The number of piperidine rings is 1. The molecule has 0 unspecified atom stereocenters. The van der Waals surface area contributed by atoms with E-state index in [1.165, 1.54) is 5.56 Å². The Balaban J connectivity index is 0.961. The SMILES string of the molecule is Cn1cnc(-c2nnc3c4cc(-c5ccccc5)c(-c5ccc(CN6CCC(c7nnc(-c8cnccn8)[nH]7)CC6)cc5)nc4ccn23)c1. The summed E-state index contributed by atoms with van der Waals surface area (Å²) in [6.45, 7) is 2.89. The number of aromatic amines is 1. The van der Waals surface area contributed by atoms with E-state index < -0.39 is 0 Å². The van der Waals surface area contributed by atoms with Gasteiger partial charge >= 0.3 is 0 Å². The standard InChI is InChI=1S/C37H32N12/c1-47-22-32(40-23-47)37-46-45-36-29-19-28(25-5-3-2-4-6-25)33(41-30(29)13-18-49(36)37)26-9-7-24(8-10-26)21-48-16-11-27(12-17-48)34-42-35(44-43-34)31-20-38-14-15-39-31/h2-10,13-15,18-20,22-23,27H,11-12,16-17,21H2,1H3,(H,42,43,44). The molecule has 0 aliphatic carbocycles. The van der Waals surface area contributed by atoms with E-state index in [1.54, 1.807) is 24.9 Å². The Morgan fingerprint density at radius 3 is 2.47 bits per heavy atom. The molecule has 1 fully saturated rings. The molecule has 0 spiro atoms. The van der Waals surface area contributed by atoms with Crippen molar-refractivity contribution in [1.29, 1.82) is 0 Å². The fourth-order valence-corrected chi connectivity index (χ4v) is 6.74. The zero-order valence-electron chi connectivity index (χ0n) is 26.8. The van der Waals surface area contributed by atoms with Gasteiger partial charge in [0.1, 0.15) is 17.2 Å². The molecule has 1 N–H and O–H groups in total. The number of aromatic nitrogens is 11. The molecule has 0 radical (unpaired) electrons. The van der Waals surface area contributed by atoms with Crippen LogP contribution in [0.1, 0.15) is 30.1 Å². The maximum absolute atomic E-state index is 5.23. The van der Waals surface area contributed by atoms with E-state index in [1.807, 2.05) is 40.5 Å². The first-order chi connectivity index (χ1) is 24.2. The third-order valence-electron chi connectivity index (χ3n) is 9.31. The van der Waals surface area contributed by atoms with Crippen molar-refractivity contribution in [1.82, 2.24) is 59.2 Å². The average Bonchev–Trinajstić information content (AvgIpc) is 3.93. The summed E-state index contributed by atoms with van der Waals surface area (Å²) in [7, 11) is 1.95. The van der Waals surface area contributed by atoms with Crippen LogP contribution in [-0.4, -0.2) is 72.3 Å². The van der Waals surface area contributed by atoms with Crippen molar-refractivity contribution in [2.45, 2.75) is 25.3 Å². The summed E-state index contributed by atoms with van der Waals surface area (Å²) in [4.78, 5) is 24.1. The number of H-pyrrole nitrogens is 1. The molecule has 7 heterocycles. The lowest BCUT2D eigenvalue weighted by atomic mass is 9.95. The monoisotopic (exact) mass is 644 g/mol. The Morgan fingerprint density at radius 2 is 1.69 bits per heavy atom. The second-order valence-corrected chi connectivity index (χ2v) is 12.5. The highest BCUT2D eigenvalue weighted by atomic mass is 15.3. The van der Waals surface area contributed by atoms with Crippen molar-refractivity contribution in [3.8, 4) is 45.4 Å². The summed E-state index contributed by atoms with van der Waals surface area (Å²) in [5.74, 6) is 2.66. The van der Waals surface area contributed by atoms with Crippen molar-refractivity contribution in [2.24, 2.45) is 7.05 Å². The number of hydrogen-bond donors (Lipinski definition) is 1. The van der Waals surface area contributed by atoms with Gasteiger partial charge < -0.3 is 9.55 Å². The second kappa shape index (κ2) is 12.1. The first kappa shape index (κ1) is 29.0. The van der Waals surface area contributed by atoms with Crippen molar-refractivity contribution >= 4 is 16.6 Å². The van der Waals surface area contributed by atoms with Gasteiger partial charge in [-0.25, -0.2) is 15.0 Å². The minimum atomic E-state index is 0.354. The average molecular weight is 645 g/mol. The number of benzene rings is 2. The number of hydrogen-bond acceptors (Lipinski definition) is 9. The molecule has 0 saturated carbocycles. The summed E-state index contributed by atoms with van der Waals surface area (Å²) in [5.41, 5.74) is 8.54. The molecule has 9 rings (SSSR count). The zero-order chi connectivity index (χ0) is 32.7. The molecule has 1 saturated heterocycles. The van der Waals surface area contributed by atoms with Gasteiger partial charge in [-0.05, 0) is 49.2 Å². The third-order valence-corrected chi connectivity index (χ3v) is 9.31. The van der Waals surface area contributed by atoms with Crippen LogP contribution in [0.15, 0.2) is 104 Å². The number of nitrogens with zero attached hydrogens (tertiary/aromatic N) is 11. The highest BCUT2D eigenvalue weighted by Crippen LogP contribution is 2.35. The molecule has 240 valence electrons. The van der Waals surface area contributed by atoms with E-state index in [9.17, 15) is 0 Å². The molecule has 0 bridgehead atoms. The molecule has 8 aromatic rings. The Labute approximate surface area is 281 Å². The minimum absolute atomic E-state index is 0.354. The van der Waals surface area contributed by atoms with Crippen molar-refractivity contribution in [3.05, 3.63) is 115 Å². The van der Waals surface area contributed by atoms with Crippen molar-refractivity contribution < 1.29 is 0 Å². The van der Waals surface area contributed by atoms with E-state index in [2.05, 4.69) is 99.8 Å². The lowest BCUT2D eigenvalue weighted by Crippen LogP contribution is -2.32. The molecule has 12 nitrogen and oxygen atoms in total. The topological polar surface area (TPSA) is 131 Å². The van der Waals surface area contributed by atoms with Gasteiger partial charge in [0.2, 0.25) is 0 Å². The van der Waals surface area contributed by atoms with E-state index >= 15 is 0 Å². The normalized spacial score (nSPS) is 14.2. The molecule has 1 aliphatic heterocycles. The summed E-state index contributed by atoms with van der Waals surface area (Å²) < 4.78 is 3.89. The van der Waals surface area contributed by atoms with Crippen LogP contribution in [0.5, 0.6) is 0 Å². The van der Waals surface area contributed by atoms with Gasteiger partial charge in [0.15, 0.2) is 17.3 Å². The van der Waals surface area contributed by atoms with Crippen LogP contribution in [-0.2, 0) is 13.6 Å². The van der Waals surface area contributed by atoms with Gasteiger partial charge in [-0.1, -0.05) is 54.6 Å². The number of likely N-dealkylation sites (tertiary alicyclic amines) is 1. The smallest absolute Gasteiger partial charge is 0.188 e. The third kappa shape index (κ3) is 5.51. The molecular weight excluding hydrogens is 612 g/mol. The Kier molecular flexibility index (Phi) is 7.20. The molecular formula is C37H32N12. The Hall–Kier alpha value is -6.14. The van der Waals surface area contributed by atoms with Crippen LogP contribution in [0.2, 0.25) is 0 Å². The van der Waals surface area contributed by atoms with E-state index in [-0.39, 0.29) is 0 Å².